The number of tetrazole rings is 1. The van der Waals surface area contributed by atoms with Crippen LogP contribution < -0.4 is 0 Å². The number of aromatic amines is 1. The molecular weight excluding hydrogens is 522 g/mol. The summed E-state index contributed by atoms with van der Waals surface area (Å²) in [5.41, 5.74) is 5.03. The maximum absolute atomic E-state index is 13.2. The number of nitrogens with zero attached hydrogens (tertiary/aromatic N) is 6. The zero-order valence-electron chi connectivity index (χ0n) is 23.2. The molecule has 1 amide bonds. The summed E-state index contributed by atoms with van der Waals surface area (Å²) in [4.78, 5) is 47.7. The molecular formula is C30H33N7O4. The van der Waals surface area contributed by atoms with E-state index >= 15 is 0 Å². The molecule has 2 fully saturated rings. The first kappa shape index (κ1) is 26.9. The molecule has 0 saturated carbocycles. The number of H-pyrrole nitrogens is 1. The number of nitrogens with one attached hydrogen (secondary N) is 1. The van der Waals surface area contributed by atoms with Crippen LogP contribution in [0.25, 0.3) is 22.5 Å². The first-order valence-corrected chi connectivity index (χ1v) is 14.3. The Kier molecular flexibility index (Phi) is 7.44. The van der Waals surface area contributed by atoms with E-state index in [1.165, 1.54) is 0 Å². The van der Waals surface area contributed by atoms with Gasteiger partial charge in [-0.05, 0) is 35.2 Å². The van der Waals surface area contributed by atoms with Gasteiger partial charge in [-0.2, -0.15) is 5.21 Å². The fourth-order valence-corrected chi connectivity index (χ4v) is 6.23. The van der Waals surface area contributed by atoms with Gasteiger partial charge in [0.25, 0.3) is 0 Å². The minimum atomic E-state index is -1.36. The van der Waals surface area contributed by atoms with Gasteiger partial charge in [-0.1, -0.05) is 68.3 Å². The quantitative estimate of drug-likeness (QED) is 0.315. The van der Waals surface area contributed by atoms with Gasteiger partial charge in [0.15, 0.2) is 11.7 Å². The van der Waals surface area contributed by atoms with Crippen molar-refractivity contribution in [3.05, 3.63) is 54.1 Å². The summed E-state index contributed by atoms with van der Waals surface area (Å²) >= 11 is 0. The van der Waals surface area contributed by atoms with E-state index in [4.69, 9.17) is 9.73 Å². The maximum Gasteiger partial charge on any atom is 0.326 e. The average molecular weight is 556 g/mol. The van der Waals surface area contributed by atoms with Gasteiger partial charge in [0.2, 0.25) is 11.7 Å². The summed E-state index contributed by atoms with van der Waals surface area (Å²) in [6, 6.07) is 15.6. The molecule has 4 atom stereocenters. The van der Waals surface area contributed by atoms with Crippen molar-refractivity contribution in [2.75, 3.05) is 13.2 Å². The number of rotatable bonds is 9. The van der Waals surface area contributed by atoms with Crippen molar-refractivity contribution >= 4 is 23.4 Å². The third-order valence-corrected chi connectivity index (χ3v) is 8.26. The first-order chi connectivity index (χ1) is 20.0. The molecule has 0 spiro atoms. The first-order valence-electron chi connectivity index (χ1n) is 14.3. The SMILES string of the molecule is CCCCC1N=C2CC3C(=O)C(C(=O)OCC)C(=O)N3CC2N1Cc1ccc(-c2ccccc2-c2nn[nH]n2)cc1. The molecule has 212 valence electrons. The van der Waals surface area contributed by atoms with E-state index in [2.05, 4.69) is 56.7 Å². The number of unbranched alkanes of at least 4 members (excludes halogenated alkanes) is 1. The molecule has 2 saturated heterocycles. The highest BCUT2D eigenvalue weighted by Crippen LogP contribution is 2.36. The fraction of sp³-hybridized carbons (Fsp3) is 0.433. The van der Waals surface area contributed by atoms with Crippen molar-refractivity contribution in [3.63, 3.8) is 0 Å². The van der Waals surface area contributed by atoms with Crippen LogP contribution in [-0.4, -0.2) is 85.2 Å². The number of ether oxygens (including phenoxy) is 1. The van der Waals surface area contributed by atoms with E-state index in [1.54, 1.807) is 11.8 Å². The molecule has 11 heteroatoms. The summed E-state index contributed by atoms with van der Waals surface area (Å²) in [7, 11) is 0. The number of amides is 1. The van der Waals surface area contributed by atoms with Gasteiger partial charge >= 0.3 is 5.97 Å². The van der Waals surface area contributed by atoms with Crippen LogP contribution in [0.4, 0.5) is 0 Å². The molecule has 0 aliphatic carbocycles. The second-order valence-electron chi connectivity index (χ2n) is 10.7. The number of hydrogen-bond donors (Lipinski definition) is 1. The van der Waals surface area contributed by atoms with Crippen LogP contribution >= 0.6 is 0 Å². The number of ketones is 1. The van der Waals surface area contributed by atoms with E-state index in [1.807, 2.05) is 24.3 Å². The Labute approximate surface area is 238 Å². The van der Waals surface area contributed by atoms with Crippen LogP contribution in [0.1, 0.15) is 45.1 Å². The normalized spacial score (nSPS) is 23.9. The van der Waals surface area contributed by atoms with Crippen LogP contribution in [0.15, 0.2) is 53.5 Å². The van der Waals surface area contributed by atoms with Crippen molar-refractivity contribution in [3.8, 4) is 22.5 Å². The summed E-state index contributed by atoms with van der Waals surface area (Å²) in [6.07, 6.45) is 3.36. The van der Waals surface area contributed by atoms with E-state index in [0.717, 1.165) is 47.2 Å². The molecule has 4 heterocycles. The lowest BCUT2D eigenvalue weighted by Gasteiger charge is -2.38. The lowest BCUT2D eigenvalue weighted by molar-refractivity contribution is -0.154. The molecule has 11 nitrogen and oxygen atoms in total. The Morgan fingerprint density at radius 1 is 1.05 bits per heavy atom. The van der Waals surface area contributed by atoms with Gasteiger partial charge in [0, 0.05) is 30.8 Å². The molecule has 1 aromatic heterocycles. The minimum absolute atomic E-state index is 0.0142. The molecule has 1 N–H and O–H groups in total. The van der Waals surface area contributed by atoms with Crippen molar-refractivity contribution < 1.29 is 19.1 Å². The average Bonchev–Trinajstić information content (AvgIpc) is 3.69. The van der Waals surface area contributed by atoms with E-state index in [9.17, 15) is 14.4 Å². The second-order valence-corrected chi connectivity index (χ2v) is 10.7. The van der Waals surface area contributed by atoms with Crippen molar-refractivity contribution in [1.82, 2.24) is 30.4 Å². The zero-order chi connectivity index (χ0) is 28.5. The van der Waals surface area contributed by atoms with Crippen molar-refractivity contribution in [1.29, 1.82) is 0 Å². The van der Waals surface area contributed by atoms with Gasteiger partial charge in [-0.3, -0.25) is 24.3 Å². The topological polar surface area (TPSA) is 134 Å². The molecule has 4 unspecified atom stereocenters. The number of carbonyl (C=O) groups excluding carboxylic acids is 3. The number of esters is 1. The molecule has 3 aliphatic heterocycles. The van der Waals surface area contributed by atoms with E-state index < -0.39 is 23.8 Å². The van der Waals surface area contributed by atoms with Crippen molar-refractivity contribution in [2.45, 2.75) is 64.3 Å². The Morgan fingerprint density at radius 3 is 2.54 bits per heavy atom. The largest absolute Gasteiger partial charge is 0.465 e. The minimum Gasteiger partial charge on any atom is -0.465 e. The molecule has 0 bridgehead atoms. The van der Waals surface area contributed by atoms with Gasteiger partial charge in [-0.15, -0.1) is 10.2 Å². The Balaban J connectivity index is 1.23. The number of carbonyl (C=O) groups is 3. The van der Waals surface area contributed by atoms with Crippen LogP contribution in [0.2, 0.25) is 0 Å². The fourth-order valence-electron chi connectivity index (χ4n) is 6.23. The van der Waals surface area contributed by atoms with Gasteiger partial charge in [0.1, 0.15) is 6.17 Å². The zero-order valence-corrected chi connectivity index (χ0v) is 23.2. The van der Waals surface area contributed by atoms with Gasteiger partial charge in [-0.25, -0.2) is 0 Å². The Hall–Kier alpha value is -4.25. The van der Waals surface area contributed by atoms with Crippen molar-refractivity contribution in [2.24, 2.45) is 10.9 Å². The van der Waals surface area contributed by atoms with Gasteiger partial charge < -0.3 is 9.64 Å². The predicted octanol–water partition coefficient (Wildman–Crippen LogP) is 3.04. The third kappa shape index (κ3) is 4.94. The number of hydrogen-bond acceptors (Lipinski definition) is 9. The lowest BCUT2D eigenvalue weighted by Crippen LogP contribution is -2.55. The summed E-state index contributed by atoms with van der Waals surface area (Å²) in [6.45, 7) is 4.96. The van der Waals surface area contributed by atoms with E-state index in [-0.39, 0.29) is 24.6 Å². The number of Topliss-reactive ketones (excluding diaryl/α,β-unsaturated/α-hetero) is 1. The number of aliphatic imine (C=N–C) groups is 1. The molecule has 2 aromatic carbocycles. The smallest absolute Gasteiger partial charge is 0.326 e. The highest BCUT2D eigenvalue weighted by Gasteiger charge is 2.56. The van der Waals surface area contributed by atoms with E-state index in [0.29, 0.717) is 25.3 Å². The summed E-state index contributed by atoms with van der Waals surface area (Å²) in [5, 5.41) is 14.5. The van der Waals surface area contributed by atoms with Crippen LogP contribution in [0, 0.1) is 5.92 Å². The lowest BCUT2D eigenvalue weighted by atomic mass is 9.93. The molecule has 0 radical (unpaired) electrons. The van der Waals surface area contributed by atoms with Crippen LogP contribution in [0.3, 0.4) is 0 Å². The highest BCUT2D eigenvalue weighted by atomic mass is 16.5. The Morgan fingerprint density at radius 2 is 1.83 bits per heavy atom. The number of fused-ring (bicyclic) bond motifs is 2. The third-order valence-electron chi connectivity index (χ3n) is 8.26. The van der Waals surface area contributed by atoms with Crippen LogP contribution in [0.5, 0.6) is 0 Å². The molecule has 3 aromatic rings. The van der Waals surface area contributed by atoms with Gasteiger partial charge in [0.05, 0.1) is 18.7 Å². The standard InChI is InChI=1S/C30H33N7O4/c1-3-5-10-25-31-22-15-23-27(38)26(30(40)41-4-2)29(39)37(23)17-24(22)36(25)16-18-11-13-19(14-12-18)20-8-6-7-9-21(20)28-32-34-35-33-28/h6-9,11-14,23-26H,3-5,10,15-17H2,1-2H3,(H,32,33,34,35). The second kappa shape index (κ2) is 11.3. The molecule has 3 aliphatic rings. The number of aromatic nitrogens is 4. The maximum atomic E-state index is 13.2. The predicted molar refractivity (Wildman–Crippen MR) is 150 cm³/mol. The summed E-state index contributed by atoms with van der Waals surface area (Å²) < 4.78 is 5.04. The Bertz CT molecular complexity index is 1470. The number of piperidine rings is 1. The molecule has 41 heavy (non-hydrogen) atoms. The monoisotopic (exact) mass is 555 g/mol. The van der Waals surface area contributed by atoms with Crippen LogP contribution in [-0.2, 0) is 25.7 Å². The molecule has 6 rings (SSSR count). The summed E-state index contributed by atoms with van der Waals surface area (Å²) in [5.74, 6) is -2.37. The number of benzene rings is 2. The highest BCUT2D eigenvalue weighted by molar-refractivity contribution is 6.24.